The number of hydrogen-bond acceptors (Lipinski definition) is 5. The molecule has 0 unspecified atom stereocenters. The molecule has 1 saturated carbocycles. The maximum atomic E-state index is 12.4. The Bertz CT molecular complexity index is 908. The molecule has 152 valence electrons. The van der Waals surface area contributed by atoms with Gasteiger partial charge in [0.2, 0.25) is 5.91 Å². The first-order chi connectivity index (χ1) is 14.2. The number of aromatic nitrogens is 2. The molecule has 7 nitrogen and oxygen atoms in total. The molecule has 2 N–H and O–H groups in total. The summed E-state index contributed by atoms with van der Waals surface area (Å²) in [7, 11) is 0. The molecule has 0 spiro atoms. The van der Waals surface area contributed by atoms with E-state index >= 15 is 0 Å². The molecule has 1 aromatic heterocycles. The molecule has 0 bridgehead atoms. The SMILES string of the molecule is N#Cc1ccc2c(c1)OCc1cnn(CC(=O)NCCNCC3CCCCC3)c1-2. The van der Waals surface area contributed by atoms with Crippen molar-refractivity contribution in [3.05, 3.63) is 35.5 Å². The van der Waals surface area contributed by atoms with Crippen molar-refractivity contribution in [3.63, 3.8) is 0 Å². The van der Waals surface area contributed by atoms with Crippen LogP contribution in [0.2, 0.25) is 0 Å². The summed E-state index contributed by atoms with van der Waals surface area (Å²) in [4.78, 5) is 12.4. The van der Waals surface area contributed by atoms with E-state index in [0.717, 1.165) is 35.8 Å². The van der Waals surface area contributed by atoms with Gasteiger partial charge in [-0.05, 0) is 43.5 Å². The molecular formula is C22H27N5O2. The fraction of sp³-hybridized carbons (Fsp3) is 0.500. The van der Waals surface area contributed by atoms with Gasteiger partial charge >= 0.3 is 0 Å². The standard InChI is InChI=1S/C22H27N5O2/c23-11-17-6-7-19-20(10-17)29-15-18-13-26-27(22(18)19)14-21(28)25-9-8-24-12-16-4-2-1-3-5-16/h6-7,10,13,16,24H,1-5,8-9,12,14-15H2,(H,25,28). The molecule has 0 atom stereocenters. The van der Waals surface area contributed by atoms with Gasteiger partial charge in [-0.25, -0.2) is 0 Å². The minimum Gasteiger partial charge on any atom is -0.488 e. The van der Waals surface area contributed by atoms with Crippen LogP contribution in [0, 0.1) is 17.2 Å². The molecule has 4 rings (SSSR count). The third-order valence-corrected chi connectivity index (χ3v) is 5.74. The number of nitrogens with one attached hydrogen (secondary N) is 2. The fourth-order valence-electron chi connectivity index (χ4n) is 4.20. The molecule has 1 aromatic carbocycles. The average molecular weight is 393 g/mol. The Morgan fingerprint density at radius 2 is 2.14 bits per heavy atom. The Hall–Kier alpha value is -2.85. The molecular weight excluding hydrogens is 366 g/mol. The van der Waals surface area contributed by atoms with Crippen LogP contribution in [0.4, 0.5) is 0 Å². The Labute approximate surface area is 171 Å². The molecule has 29 heavy (non-hydrogen) atoms. The lowest BCUT2D eigenvalue weighted by atomic mass is 9.89. The van der Waals surface area contributed by atoms with Gasteiger partial charge in [0.05, 0.1) is 23.5 Å². The number of carbonyl (C=O) groups is 1. The van der Waals surface area contributed by atoms with Crippen molar-refractivity contribution >= 4 is 5.91 Å². The van der Waals surface area contributed by atoms with Gasteiger partial charge in [-0.1, -0.05) is 19.3 Å². The summed E-state index contributed by atoms with van der Waals surface area (Å²) in [6.07, 6.45) is 8.47. The first-order valence-corrected chi connectivity index (χ1v) is 10.4. The van der Waals surface area contributed by atoms with Crippen molar-refractivity contribution in [1.29, 1.82) is 5.26 Å². The van der Waals surface area contributed by atoms with E-state index in [1.54, 1.807) is 23.0 Å². The number of nitriles is 1. The molecule has 1 fully saturated rings. The van der Waals surface area contributed by atoms with Gasteiger partial charge in [0, 0.05) is 24.2 Å². The zero-order valence-electron chi connectivity index (χ0n) is 16.6. The van der Waals surface area contributed by atoms with Gasteiger partial charge in [0.25, 0.3) is 0 Å². The van der Waals surface area contributed by atoms with E-state index < -0.39 is 0 Å². The Morgan fingerprint density at radius 3 is 2.97 bits per heavy atom. The van der Waals surface area contributed by atoms with Gasteiger partial charge in [-0.2, -0.15) is 10.4 Å². The van der Waals surface area contributed by atoms with E-state index in [1.807, 2.05) is 6.07 Å². The monoisotopic (exact) mass is 393 g/mol. The minimum atomic E-state index is -0.0583. The van der Waals surface area contributed by atoms with E-state index in [4.69, 9.17) is 10.00 Å². The molecule has 1 aliphatic heterocycles. The summed E-state index contributed by atoms with van der Waals surface area (Å²) in [5.74, 6) is 1.39. The predicted octanol–water partition coefficient (Wildman–Crippen LogP) is 2.60. The van der Waals surface area contributed by atoms with Crippen LogP contribution in [0.5, 0.6) is 5.75 Å². The summed E-state index contributed by atoms with van der Waals surface area (Å²) in [6.45, 7) is 3.00. The van der Waals surface area contributed by atoms with Crippen LogP contribution >= 0.6 is 0 Å². The van der Waals surface area contributed by atoms with Crippen molar-refractivity contribution in [3.8, 4) is 23.1 Å². The maximum absolute atomic E-state index is 12.4. The zero-order chi connectivity index (χ0) is 20.1. The first kappa shape index (κ1) is 19.5. The third kappa shape index (κ3) is 4.60. The molecule has 2 heterocycles. The molecule has 1 amide bonds. The van der Waals surface area contributed by atoms with Gasteiger partial charge < -0.3 is 15.4 Å². The van der Waals surface area contributed by atoms with E-state index in [1.165, 1.54) is 32.1 Å². The normalized spacial score (nSPS) is 15.7. The lowest BCUT2D eigenvalue weighted by molar-refractivity contribution is -0.121. The number of rotatable bonds is 7. The topological polar surface area (TPSA) is 92.0 Å². The number of ether oxygens (including phenoxy) is 1. The van der Waals surface area contributed by atoms with Crippen LogP contribution in [-0.4, -0.2) is 35.3 Å². The van der Waals surface area contributed by atoms with Crippen molar-refractivity contribution in [2.24, 2.45) is 5.92 Å². The summed E-state index contributed by atoms with van der Waals surface area (Å²) in [6, 6.07) is 7.47. The van der Waals surface area contributed by atoms with E-state index in [9.17, 15) is 4.79 Å². The summed E-state index contributed by atoms with van der Waals surface area (Å²) in [5.41, 5.74) is 3.26. The van der Waals surface area contributed by atoms with Gasteiger partial charge in [0.1, 0.15) is 18.9 Å². The van der Waals surface area contributed by atoms with Crippen molar-refractivity contribution in [2.75, 3.05) is 19.6 Å². The zero-order valence-corrected chi connectivity index (χ0v) is 16.6. The quantitative estimate of drug-likeness (QED) is 0.706. The van der Waals surface area contributed by atoms with E-state index in [0.29, 0.717) is 24.5 Å². The smallest absolute Gasteiger partial charge is 0.241 e. The van der Waals surface area contributed by atoms with Gasteiger partial charge in [0.15, 0.2) is 0 Å². The number of carbonyl (C=O) groups excluding carboxylic acids is 1. The summed E-state index contributed by atoms with van der Waals surface area (Å²) >= 11 is 0. The van der Waals surface area contributed by atoms with Crippen LogP contribution in [0.1, 0.15) is 43.2 Å². The number of fused-ring (bicyclic) bond motifs is 3. The van der Waals surface area contributed by atoms with Crippen LogP contribution < -0.4 is 15.4 Å². The van der Waals surface area contributed by atoms with Crippen LogP contribution in [-0.2, 0) is 17.9 Å². The van der Waals surface area contributed by atoms with E-state index in [2.05, 4.69) is 21.8 Å². The molecule has 1 aliphatic carbocycles. The van der Waals surface area contributed by atoms with E-state index in [-0.39, 0.29) is 12.5 Å². The lowest BCUT2D eigenvalue weighted by Crippen LogP contribution is -2.36. The predicted molar refractivity (Wildman–Crippen MR) is 109 cm³/mol. The lowest BCUT2D eigenvalue weighted by Gasteiger charge is -2.21. The fourth-order valence-corrected chi connectivity index (χ4v) is 4.20. The minimum absolute atomic E-state index is 0.0583. The van der Waals surface area contributed by atoms with Crippen molar-refractivity contribution in [1.82, 2.24) is 20.4 Å². The number of hydrogen-bond donors (Lipinski definition) is 2. The van der Waals surface area contributed by atoms with Crippen molar-refractivity contribution in [2.45, 2.75) is 45.3 Å². The molecule has 0 radical (unpaired) electrons. The Kier molecular flexibility index (Phi) is 6.11. The average Bonchev–Trinajstić information content (AvgIpc) is 3.17. The number of nitrogens with zero attached hydrogens (tertiary/aromatic N) is 3. The molecule has 2 aromatic rings. The largest absolute Gasteiger partial charge is 0.488 e. The molecule has 7 heteroatoms. The highest BCUT2D eigenvalue weighted by molar-refractivity contribution is 5.78. The van der Waals surface area contributed by atoms with Gasteiger partial charge in [-0.3, -0.25) is 9.48 Å². The highest BCUT2D eigenvalue weighted by atomic mass is 16.5. The Balaban J connectivity index is 1.29. The number of benzene rings is 1. The summed E-state index contributed by atoms with van der Waals surface area (Å²) < 4.78 is 7.45. The third-order valence-electron chi connectivity index (χ3n) is 5.74. The Morgan fingerprint density at radius 1 is 1.28 bits per heavy atom. The summed E-state index contributed by atoms with van der Waals surface area (Å²) in [5, 5.41) is 19.9. The number of amides is 1. The van der Waals surface area contributed by atoms with Crippen molar-refractivity contribution < 1.29 is 9.53 Å². The van der Waals surface area contributed by atoms with Crippen LogP contribution in [0.3, 0.4) is 0 Å². The second-order valence-electron chi connectivity index (χ2n) is 7.85. The maximum Gasteiger partial charge on any atom is 0.241 e. The first-order valence-electron chi connectivity index (χ1n) is 10.4. The second kappa shape index (κ2) is 9.10. The molecule has 0 saturated heterocycles. The highest BCUT2D eigenvalue weighted by Crippen LogP contribution is 2.37. The molecule has 2 aliphatic rings. The van der Waals surface area contributed by atoms with Crippen LogP contribution in [0.25, 0.3) is 11.3 Å². The highest BCUT2D eigenvalue weighted by Gasteiger charge is 2.23. The van der Waals surface area contributed by atoms with Gasteiger partial charge in [-0.15, -0.1) is 0 Å². The second-order valence-corrected chi connectivity index (χ2v) is 7.85. The van der Waals surface area contributed by atoms with Crippen LogP contribution in [0.15, 0.2) is 24.4 Å².